The Bertz CT molecular complexity index is 1260. The number of hydrogen-bond donors (Lipinski definition) is 2. The first-order chi connectivity index (χ1) is 14.4. The molecular weight excluding hydrogens is 392 g/mol. The van der Waals surface area contributed by atoms with Crippen LogP contribution >= 0.6 is 0 Å². The Labute approximate surface area is 169 Å². The first-order valence-electron chi connectivity index (χ1n) is 9.12. The third kappa shape index (κ3) is 3.30. The molecule has 0 radical (unpaired) electrons. The lowest BCUT2D eigenvalue weighted by Crippen LogP contribution is -2.39. The number of fused-ring (bicyclic) bond motifs is 1. The lowest BCUT2D eigenvalue weighted by molar-refractivity contribution is -0.125. The maximum atomic E-state index is 12.5. The number of hydrogen-bond acceptors (Lipinski definition) is 7. The van der Waals surface area contributed by atoms with E-state index in [0.29, 0.717) is 5.82 Å². The molecule has 1 aromatic carbocycles. The molecule has 1 aliphatic rings. The van der Waals surface area contributed by atoms with Gasteiger partial charge in [-0.15, -0.1) is 0 Å². The Morgan fingerprint density at radius 3 is 2.63 bits per heavy atom. The lowest BCUT2D eigenvalue weighted by atomic mass is 9.99. The van der Waals surface area contributed by atoms with E-state index in [-0.39, 0.29) is 30.2 Å². The van der Waals surface area contributed by atoms with E-state index in [9.17, 15) is 19.2 Å². The van der Waals surface area contributed by atoms with Gasteiger partial charge in [0.15, 0.2) is 0 Å². The lowest BCUT2D eigenvalue weighted by Gasteiger charge is -2.10. The first-order valence-corrected chi connectivity index (χ1v) is 9.12. The van der Waals surface area contributed by atoms with E-state index >= 15 is 0 Å². The largest absolute Gasteiger partial charge is 0.347 e. The topological polar surface area (TPSA) is 141 Å². The molecule has 0 fully saturated rings. The van der Waals surface area contributed by atoms with Gasteiger partial charge in [-0.05, 0) is 0 Å². The van der Waals surface area contributed by atoms with E-state index < -0.39 is 29.0 Å². The molecule has 2 amide bonds. The summed E-state index contributed by atoms with van der Waals surface area (Å²) in [6.07, 6.45) is -0.258. The molecule has 1 aliphatic heterocycles. The molecule has 0 aliphatic carbocycles. The van der Waals surface area contributed by atoms with E-state index in [1.165, 1.54) is 18.7 Å². The molecule has 0 saturated heterocycles. The molecule has 3 aromatic rings. The van der Waals surface area contributed by atoms with Gasteiger partial charge < -0.3 is 15.2 Å². The Morgan fingerprint density at radius 2 is 1.90 bits per heavy atom. The zero-order valence-corrected chi connectivity index (χ0v) is 16.2. The van der Waals surface area contributed by atoms with Crippen LogP contribution < -0.4 is 21.9 Å². The number of nitrogens with zero attached hydrogens (tertiary/aromatic N) is 4. The van der Waals surface area contributed by atoms with Gasteiger partial charge in [-0.3, -0.25) is 23.5 Å². The molecule has 11 nitrogen and oxygen atoms in total. The quantitative estimate of drug-likeness (QED) is 0.597. The van der Waals surface area contributed by atoms with Crippen LogP contribution in [0, 0.1) is 0 Å². The van der Waals surface area contributed by atoms with Crippen molar-refractivity contribution >= 4 is 17.6 Å². The summed E-state index contributed by atoms with van der Waals surface area (Å²) in [6.45, 7) is -0.0227. The van der Waals surface area contributed by atoms with Crippen molar-refractivity contribution in [3.05, 3.63) is 62.6 Å². The first kappa shape index (κ1) is 19.3. The second-order valence-corrected chi connectivity index (χ2v) is 6.87. The monoisotopic (exact) mass is 410 g/mol. The zero-order chi connectivity index (χ0) is 21.4. The standard InChI is InChI=1S/C19H18N6O5/c1-24-16-14(18(28)25(2)19(24)29)11(17(27)22-16)8-12(26)20-9-13-21-15(23-30-13)10-6-4-3-5-7-10/h3-7,11H,8-9H2,1-2H3,(H,20,26)(H,22,27). The highest BCUT2D eigenvalue weighted by Gasteiger charge is 2.37. The predicted molar refractivity (Wildman–Crippen MR) is 104 cm³/mol. The van der Waals surface area contributed by atoms with Crippen molar-refractivity contribution in [3.8, 4) is 11.4 Å². The third-order valence-electron chi connectivity index (χ3n) is 4.93. The van der Waals surface area contributed by atoms with Crippen LogP contribution in [-0.2, 0) is 30.2 Å². The van der Waals surface area contributed by atoms with E-state index in [1.807, 2.05) is 30.3 Å². The molecule has 3 heterocycles. The van der Waals surface area contributed by atoms with Crippen molar-refractivity contribution in [1.82, 2.24) is 24.6 Å². The summed E-state index contributed by atoms with van der Waals surface area (Å²) in [7, 11) is 2.77. The molecule has 11 heteroatoms. The Morgan fingerprint density at radius 1 is 1.17 bits per heavy atom. The van der Waals surface area contributed by atoms with Crippen LogP contribution in [0.5, 0.6) is 0 Å². The van der Waals surface area contributed by atoms with Gasteiger partial charge in [0.1, 0.15) is 5.82 Å². The fourth-order valence-corrected chi connectivity index (χ4v) is 3.33. The van der Waals surface area contributed by atoms with Gasteiger partial charge in [0.05, 0.1) is 18.0 Å². The summed E-state index contributed by atoms with van der Waals surface area (Å²) in [5, 5.41) is 9.00. The number of anilines is 1. The van der Waals surface area contributed by atoms with Crippen LogP contribution in [0.1, 0.15) is 23.8 Å². The summed E-state index contributed by atoms with van der Waals surface area (Å²) in [5.74, 6) is -1.26. The molecule has 1 atom stereocenters. The van der Waals surface area contributed by atoms with E-state index in [2.05, 4.69) is 20.8 Å². The maximum absolute atomic E-state index is 12.5. The predicted octanol–water partition coefficient (Wildman–Crippen LogP) is -0.124. The Kier molecular flexibility index (Phi) is 4.78. The Hall–Kier alpha value is -4.02. The van der Waals surface area contributed by atoms with Gasteiger partial charge in [-0.2, -0.15) is 4.98 Å². The van der Waals surface area contributed by atoms with Gasteiger partial charge >= 0.3 is 5.69 Å². The number of aromatic nitrogens is 4. The van der Waals surface area contributed by atoms with Crippen molar-refractivity contribution in [1.29, 1.82) is 0 Å². The van der Waals surface area contributed by atoms with Gasteiger partial charge in [0.2, 0.25) is 23.5 Å². The molecule has 4 rings (SSSR count). The molecule has 1 unspecified atom stereocenters. The van der Waals surface area contributed by atoms with Crippen LogP contribution in [-0.4, -0.2) is 31.1 Å². The van der Waals surface area contributed by atoms with Crippen molar-refractivity contribution in [3.63, 3.8) is 0 Å². The van der Waals surface area contributed by atoms with E-state index in [4.69, 9.17) is 4.52 Å². The van der Waals surface area contributed by atoms with E-state index in [0.717, 1.165) is 10.1 Å². The second kappa shape index (κ2) is 7.43. The van der Waals surface area contributed by atoms with Gasteiger partial charge in [-0.1, -0.05) is 35.5 Å². The summed E-state index contributed by atoms with van der Waals surface area (Å²) in [6, 6.07) is 9.22. The number of amides is 2. The van der Waals surface area contributed by atoms with Gasteiger partial charge in [0.25, 0.3) is 5.56 Å². The molecule has 0 spiro atoms. The normalized spacial score (nSPS) is 15.0. The van der Waals surface area contributed by atoms with Crippen molar-refractivity contribution < 1.29 is 14.1 Å². The molecule has 154 valence electrons. The van der Waals surface area contributed by atoms with Gasteiger partial charge in [-0.25, -0.2) is 4.79 Å². The highest BCUT2D eigenvalue weighted by molar-refractivity contribution is 6.03. The fourth-order valence-electron chi connectivity index (χ4n) is 3.33. The van der Waals surface area contributed by atoms with Gasteiger partial charge in [0, 0.05) is 26.1 Å². The zero-order valence-electron chi connectivity index (χ0n) is 16.2. The van der Waals surface area contributed by atoms with E-state index in [1.54, 1.807) is 0 Å². The molecule has 0 saturated carbocycles. The minimum atomic E-state index is -0.993. The fraction of sp³-hybridized carbons (Fsp3) is 0.263. The van der Waals surface area contributed by atoms with Crippen molar-refractivity contribution in [2.75, 3.05) is 5.32 Å². The second-order valence-electron chi connectivity index (χ2n) is 6.87. The Balaban J connectivity index is 1.46. The number of carbonyl (C=O) groups excluding carboxylic acids is 2. The minimum absolute atomic E-state index is 0.0227. The van der Waals surface area contributed by atoms with Crippen LogP contribution in [0.25, 0.3) is 11.4 Å². The number of nitrogens with one attached hydrogen (secondary N) is 2. The summed E-state index contributed by atoms with van der Waals surface area (Å²) >= 11 is 0. The number of benzene rings is 1. The van der Waals surface area contributed by atoms with Crippen molar-refractivity contribution in [2.45, 2.75) is 18.9 Å². The smallest absolute Gasteiger partial charge is 0.332 e. The SMILES string of the molecule is Cn1c2c(c(=O)n(C)c1=O)C(CC(=O)NCc1nc(-c3ccccc3)no1)C(=O)N2. The molecule has 30 heavy (non-hydrogen) atoms. The highest BCUT2D eigenvalue weighted by Crippen LogP contribution is 2.30. The van der Waals surface area contributed by atoms with Crippen LogP contribution in [0.3, 0.4) is 0 Å². The van der Waals surface area contributed by atoms with Crippen LogP contribution in [0.2, 0.25) is 0 Å². The van der Waals surface area contributed by atoms with Crippen LogP contribution in [0.4, 0.5) is 5.82 Å². The average molecular weight is 410 g/mol. The molecule has 0 bridgehead atoms. The number of carbonyl (C=O) groups is 2. The summed E-state index contributed by atoms with van der Waals surface area (Å²) in [4.78, 5) is 53.4. The third-order valence-corrected chi connectivity index (χ3v) is 4.93. The summed E-state index contributed by atoms with van der Waals surface area (Å²) < 4.78 is 7.22. The molecule has 2 N–H and O–H groups in total. The average Bonchev–Trinajstić information content (AvgIpc) is 3.35. The summed E-state index contributed by atoms with van der Waals surface area (Å²) in [5.41, 5.74) is -0.285. The minimum Gasteiger partial charge on any atom is -0.347 e. The molecular formula is C19H18N6O5. The van der Waals surface area contributed by atoms with Crippen LogP contribution in [0.15, 0.2) is 44.4 Å². The highest BCUT2D eigenvalue weighted by atomic mass is 16.5. The molecule has 2 aromatic heterocycles. The number of rotatable bonds is 5. The maximum Gasteiger partial charge on any atom is 0.332 e. The van der Waals surface area contributed by atoms with Crippen molar-refractivity contribution in [2.24, 2.45) is 14.1 Å².